The van der Waals surface area contributed by atoms with Crippen molar-refractivity contribution in [1.29, 1.82) is 0 Å². The third kappa shape index (κ3) is 4.17. The van der Waals surface area contributed by atoms with Crippen molar-refractivity contribution < 1.29 is 13.9 Å². The van der Waals surface area contributed by atoms with Gasteiger partial charge < -0.3 is 15.4 Å². The minimum Gasteiger partial charge on any atom is -0.494 e. The summed E-state index contributed by atoms with van der Waals surface area (Å²) in [4.78, 5) is 14.3. The topological polar surface area (TPSA) is 55.6 Å². The summed E-state index contributed by atoms with van der Waals surface area (Å²) in [5.41, 5.74) is 8.04. The molecule has 2 atom stereocenters. The molecule has 4 nitrogen and oxygen atoms in total. The maximum Gasteiger partial charge on any atom is 0.227 e. The highest BCUT2D eigenvalue weighted by Gasteiger charge is 2.30. The van der Waals surface area contributed by atoms with Gasteiger partial charge in [-0.1, -0.05) is 29.8 Å². The van der Waals surface area contributed by atoms with Crippen molar-refractivity contribution in [3.63, 3.8) is 0 Å². The number of hydrogen-bond donors (Lipinski definition) is 1. The molecule has 1 fully saturated rings. The maximum absolute atomic E-state index is 14.0. The summed E-state index contributed by atoms with van der Waals surface area (Å²) in [5.74, 6) is -0.124. The molecule has 3 rings (SSSR count). The molecule has 0 bridgehead atoms. The van der Waals surface area contributed by atoms with Crippen LogP contribution in [0.15, 0.2) is 42.5 Å². The molecule has 26 heavy (non-hydrogen) atoms. The molecule has 1 saturated heterocycles. The average molecular weight is 377 g/mol. The fourth-order valence-corrected chi connectivity index (χ4v) is 3.68. The van der Waals surface area contributed by atoms with Gasteiger partial charge in [0.2, 0.25) is 5.91 Å². The summed E-state index contributed by atoms with van der Waals surface area (Å²) in [5, 5.41) is 0.618. The van der Waals surface area contributed by atoms with E-state index in [9.17, 15) is 9.18 Å². The van der Waals surface area contributed by atoms with Gasteiger partial charge in [-0.2, -0.15) is 0 Å². The molecule has 2 aromatic carbocycles. The molecule has 1 heterocycles. The minimum atomic E-state index is -0.392. The van der Waals surface area contributed by atoms with Gasteiger partial charge in [0.1, 0.15) is 0 Å². The van der Waals surface area contributed by atoms with E-state index in [0.717, 1.165) is 11.1 Å². The maximum atomic E-state index is 14.0. The second-order valence-electron chi connectivity index (χ2n) is 6.60. The molecular weight excluding hydrogens is 355 g/mol. The molecule has 0 radical (unpaired) electrons. The second-order valence-corrected chi connectivity index (χ2v) is 7.04. The molecule has 0 aromatic heterocycles. The van der Waals surface area contributed by atoms with Gasteiger partial charge in [0, 0.05) is 30.1 Å². The van der Waals surface area contributed by atoms with Crippen LogP contribution in [0.2, 0.25) is 5.02 Å². The van der Waals surface area contributed by atoms with Gasteiger partial charge in [-0.05, 0) is 41.8 Å². The number of rotatable bonds is 4. The van der Waals surface area contributed by atoms with Crippen molar-refractivity contribution in [1.82, 2.24) is 4.90 Å². The zero-order chi connectivity index (χ0) is 18.7. The van der Waals surface area contributed by atoms with Crippen LogP contribution in [0.1, 0.15) is 23.5 Å². The Bertz CT molecular complexity index is 799. The first kappa shape index (κ1) is 18.7. The molecule has 2 aromatic rings. The number of methoxy groups -OCH3 is 1. The Hall–Kier alpha value is -2.11. The highest BCUT2D eigenvalue weighted by atomic mass is 35.5. The average Bonchev–Trinajstić information content (AvgIpc) is 2.61. The molecular formula is C20H22ClFN2O2. The second kappa shape index (κ2) is 8.06. The van der Waals surface area contributed by atoms with Crippen molar-refractivity contribution >= 4 is 17.5 Å². The van der Waals surface area contributed by atoms with Gasteiger partial charge in [0.05, 0.1) is 13.5 Å². The van der Waals surface area contributed by atoms with Crippen molar-refractivity contribution in [2.45, 2.75) is 24.8 Å². The Morgan fingerprint density at radius 3 is 2.81 bits per heavy atom. The number of likely N-dealkylation sites (tertiary alicyclic amines) is 1. The van der Waals surface area contributed by atoms with E-state index in [1.807, 2.05) is 18.2 Å². The van der Waals surface area contributed by atoms with Gasteiger partial charge in [-0.15, -0.1) is 0 Å². The van der Waals surface area contributed by atoms with Crippen molar-refractivity contribution in [2.75, 3.05) is 20.2 Å². The molecule has 0 aliphatic carbocycles. The third-order valence-electron chi connectivity index (χ3n) is 4.86. The predicted molar refractivity (Wildman–Crippen MR) is 100 cm³/mol. The van der Waals surface area contributed by atoms with Crippen LogP contribution in [-0.2, 0) is 11.2 Å². The van der Waals surface area contributed by atoms with Gasteiger partial charge >= 0.3 is 0 Å². The normalized spacial score (nSPS) is 20.1. The molecule has 6 heteroatoms. The standard InChI is InChI=1S/C20H22ClFN2O2/c1-26-19-6-5-14(11-17(19)22)16-7-8-24(12-18(16)23)20(25)10-13-3-2-4-15(21)9-13/h2-6,9,11,16,18H,7-8,10,12,23H2,1H3/t16-,18-/m0/s1. The van der Waals surface area contributed by atoms with Crippen LogP contribution in [-0.4, -0.2) is 37.0 Å². The lowest BCUT2D eigenvalue weighted by Gasteiger charge is -2.37. The Morgan fingerprint density at radius 2 is 2.15 bits per heavy atom. The van der Waals surface area contributed by atoms with Crippen LogP contribution in [0.5, 0.6) is 5.75 Å². The molecule has 138 valence electrons. The summed E-state index contributed by atoms with van der Waals surface area (Å²) in [7, 11) is 1.44. The van der Waals surface area contributed by atoms with E-state index in [2.05, 4.69) is 0 Å². The summed E-state index contributed by atoms with van der Waals surface area (Å²) in [6, 6.07) is 12.0. The van der Waals surface area contributed by atoms with Crippen LogP contribution in [0, 0.1) is 5.82 Å². The van der Waals surface area contributed by atoms with Crippen LogP contribution < -0.4 is 10.5 Å². The third-order valence-corrected chi connectivity index (χ3v) is 5.09. The number of carbonyl (C=O) groups excluding carboxylic acids is 1. The molecule has 1 aliphatic rings. The number of carbonyl (C=O) groups is 1. The lowest BCUT2D eigenvalue weighted by atomic mass is 9.85. The molecule has 2 N–H and O–H groups in total. The van der Waals surface area contributed by atoms with Crippen LogP contribution in [0.25, 0.3) is 0 Å². The number of hydrogen-bond acceptors (Lipinski definition) is 3. The van der Waals surface area contributed by atoms with Gasteiger partial charge in [-0.25, -0.2) is 4.39 Å². The van der Waals surface area contributed by atoms with E-state index in [4.69, 9.17) is 22.1 Å². The van der Waals surface area contributed by atoms with E-state index in [1.54, 1.807) is 23.1 Å². The smallest absolute Gasteiger partial charge is 0.227 e. The SMILES string of the molecule is COc1ccc([C@@H]2CCN(C(=O)Cc3cccc(Cl)c3)C[C@@H]2N)cc1F. The quantitative estimate of drug-likeness (QED) is 0.890. The fraction of sp³-hybridized carbons (Fsp3) is 0.350. The van der Waals surface area contributed by atoms with Crippen molar-refractivity contribution in [3.05, 3.63) is 64.4 Å². The highest BCUT2D eigenvalue weighted by molar-refractivity contribution is 6.30. The molecule has 1 aliphatic heterocycles. The Balaban J connectivity index is 1.64. The lowest BCUT2D eigenvalue weighted by Crippen LogP contribution is -2.50. The number of amides is 1. The van der Waals surface area contributed by atoms with Crippen LogP contribution in [0.4, 0.5) is 4.39 Å². The number of nitrogens with two attached hydrogens (primary N) is 1. The summed E-state index contributed by atoms with van der Waals surface area (Å²) < 4.78 is 18.9. The number of nitrogens with zero attached hydrogens (tertiary/aromatic N) is 1. The zero-order valence-corrected chi connectivity index (χ0v) is 15.4. The molecule has 1 amide bonds. The van der Waals surface area contributed by atoms with E-state index in [1.165, 1.54) is 13.2 Å². The summed E-state index contributed by atoms with van der Waals surface area (Å²) in [6.45, 7) is 1.06. The van der Waals surface area contributed by atoms with E-state index >= 15 is 0 Å². The number of ether oxygens (including phenoxy) is 1. The van der Waals surface area contributed by atoms with Crippen LogP contribution in [0.3, 0.4) is 0 Å². The lowest BCUT2D eigenvalue weighted by molar-refractivity contribution is -0.131. The number of piperidine rings is 1. The van der Waals surface area contributed by atoms with E-state index in [0.29, 0.717) is 31.0 Å². The monoisotopic (exact) mass is 376 g/mol. The first-order valence-corrected chi connectivity index (χ1v) is 8.97. The number of benzene rings is 2. The molecule has 0 unspecified atom stereocenters. The molecule has 0 saturated carbocycles. The van der Waals surface area contributed by atoms with Gasteiger partial charge in [-0.3, -0.25) is 4.79 Å². The largest absolute Gasteiger partial charge is 0.494 e. The predicted octanol–water partition coefficient (Wildman–Crippen LogP) is 3.37. The number of halogens is 2. The highest BCUT2D eigenvalue weighted by Crippen LogP contribution is 2.30. The zero-order valence-electron chi connectivity index (χ0n) is 14.6. The fourth-order valence-electron chi connectivity index (χ4n) is 3.47. The Morgan fingerprint density at radius 1 is 1.35 bits per heavy atom. The van der Waals surface area contributed by atoms with E-state index < -0.39 is 5.82 Å². The van der Waals surface area contributed by atoms with Gasteiger partial charge in [0.25, 0.3) is 0 Å². The van der Waals surface area contributed by atoms with Crippen LogP contribution >= 0.6 is 11.6 Å². The van der Waals surface area contributed by atoms with E-state index in [-0.39, 0.29) is 23.6 Å². The first-order valence-electron chi connectivity index (χ1n) is 8.59. The Labute approximate surface area is 157 Å². The first-order chi connectivity index (χ1) is 12.5. The Kier molecular flexibility index (Phi) is 5.79. The summed E-state index contributed by atoms with van der Waals surface area (Å²) in [6.07, 6.45) is 1.00. The van der Waals surface area contributed by atoms with Crippen molar-refractivity contribution in [3.8, 4) is 5.75 Å². The van der Waals surface area contributed by atoms with Crippen molar-refractivity contribution in [2.24, 2.45) is 5.73 Å². The minimum absolute atomic E-state index is 0.0191. The molecule has 0 spiro atoms. The summed E-state index contributed by atoms with van der Waals surface area (Å²) >= 11 is 5.97. The van der Waals surface area contributed by atoms with Gasteiger partial charge in [0.15, 0.2) is 11.6 Å².